The minimum absolute atomic E-state index is 0. The molecule has 0 saturated carbocycles. The first-order chi connectivity index (χ1) is 13.1. The largest absolute Gasteiger partial charge is 0.348 e. The molecule has 1 unspecified atom stereocenters. The molecule has 0 spiro atoms. The third kappa shape index (κ3) is 4.72. The number of amides is 1. The van der Waals surface area contributed by atoms with Crippen molar-refractivity contribution in [3.8, 4) is 0 Å². The van der Waals surface area contributed by atoms with Crippen molar-refractivity contribution in [3.05, 3.63) is 47.5 Å². The van der Waals surface area contributed by atoms with Gasteiger partial charge >= 0.3 is 0 Å². The predicted octanol–water partition coefficient (Wildman–Crippen LogP) is 2.46. The monoisotopic (exact) mass is 457 g/mol. The maximum atomic E-state index is 13.1. The van der Waals surface area contributed by atoms with Gasteiger partial charge in [0.15, 0.2) is 11.5 Å². The van der Waals surface area contributed by atoms with Crippen molar-refractivity contribution in [2.24, 2.45) is 0 Å². The van der Waals surface area contributed by atoms with E-state index in [0.29, 0.717) is 29.6 Å². The topological polar surface area (TPSA) is 90.0 Å². The number of anilines is 1. The summed E-state index contributed by atoms with van der Waals surface area (Å²) in [6.45, 7) is 2.27. The Bertz CT molecular complexity index is 967. The zero-order chi connectivity index (χ0) is 18.8. The molecule has 1 fully saturated rings. The highest BCUT2D eigenvalue weighted by Crippen LogP contribution is 2.29. The fourth-order valence-corrected chi connectivity index (χ4v) is 3.70. The number of H-pyrrole nitrogens is 1. The van der Waals surface area contributed by atoms with Gasteiger partial charge in [0, 0.05) is 31.7 Å². The highest BCUT2D eigenvalue weighted by atomic mass is 35.5. The number of carbonyl (C=O) groups is 1. The Morgan fingerprint density at radius 3 is 2.86 bits per heavy atom. The van der Waals surface area contributed by atoms with Crippen LogP contribution in [0.5, 0.6) is 0 Å². The quantitative estimate of drug-likeness (QED) is 0.624. The standard InChI is InChI=1S/C18H20ClN7O.2ClH/c1-25(18-16-17(22-10-21-16)23-11-24-18)9-15(27)26-7-6-20-8-14(26)12-4-2-3-5-13(12)19;;/h2-5,10-11,14,20H,6-9H2,1H3,(H,21,22,23,24);2*1H. The van der Waals surface area contributed by atoms with Gasteiger partial charge in [0.1, 0.15) is 11.8 Å². The van der Waals surface area contributed by atoms with Gasteiger partial charge in [0.05, 0.1) is 18.9 Å². The van der Waals surface area contributed by atoms with Crippen molar-refractivity contribution in [2.75, 3.05) is 38.1 Å². The summed E-state index contributed by atoms with van der Waals surface area (Å²) in [5.74, 6) is 0.672. The van der Waals surface area contributed by atoms with Crippen LogP contribution in [0.4, 0.5) is 5.82 Å². The second-order valence-electron chi connectivity index (χ2n) is 6.48. The summed E-state index contributed by atoms with van der Waals surface area (Å²) in [6, 6.07) is 7.58. The van der Waals surface area contributed by atoms with E-state index in [9.17, 15) is 4.79 Å². The third-order valence-electron chi connectivity index (χ3n) is 4.76. The number of fused-ring (bicyclic) bond motifs is 1. The fourth-order valence-electron chi connectivity index (χ4n) is 3.44. The molecule has 0 bridgehead atoms. The molecule has 8 nitrogen and oxygen atoms in total. The fraction of sp³-hybridized carbons (Fsp3) is 0.333. The Labute approximate surface area is 185 Å². The Hall–Kier alpha value is -2.13. The molecule has 11 heteroatoms. The molecule has 4 rings (SSSR count). The van der Waals surface area contributed by atoms with Crippen molar-refractivity contribution in [3.63, 3.8) is 0 Å². The van der Waals surface area contributed by atoms with Crippen LogP contribution in [-0.4, -0.2) is 64.0 Å². The van der Waals surface area contributed by atoms with E-state index >= 15 is 0 Å². The Morgan fingerprint density at radius 1 is 1.28 bits per heavy atom. The number of aromatic amines is 1. The molecule has 1 atom stereocenters. The highest BCUT2D eigenvalue weighted by molar-refractivity contribution is 6.31. The van der Waals surface area contributed by atoms with Crippen LogP contribution in [0.3, 0.4) is 0 Å². The van der Waals surface area contributed by atoms with Crippen molar-refractivity contribution >= 4 is 59.3 Å². The summed E-state index contributed by atoms with van der Waals surface area (Å²) in [5.41, 5.74) is 2.26. The number of nitrogens with zero attached hydrogens (tertiary/aromatic N) is 5. The predicted molar refractivity (Wildman–Crippen MR) is 118 cm³/mol. The SMILES string of the molecule is CN(CC(=O)N1CCNCC1c1ccccc1Cl)c1ncnc2nc[nH]c12.Cl.Cl. The number of halogens is 3. The summed E-state index contributed by atoms with van der Waals surface area (Å²) in [5, 5.41) is 4.02. The normalized spacial score (nSPS) is 16.1. The van der Waals surface area contributed by atoms with Gasteiger partial charge in [0.2, 0.25) is 5.91 Å². The lowest BCUT2D eigenvalue weighted by atomic mass is 10.0. The molecule has 1 aromatic carbocycles. The molecule has 2 aromatic heterocycles. The average Bonchev–Trinajstić information content (AvgIpc) is 3.17. The van der Waals surface area contributed by atoms with Crippen LogP contribution >= 0.6 is 36.4 Å². The number of piperazine rings is 1. The molecular weight excluding hydrogens is 437 g/mol. The highest BCUT2D eigenvalue weighted by Gasteiger charge is 2.30. The van der Waals surface area contributed by atoms with Crippen LogP contribution in [0.2, 0.25) is 5.02 Å². The number of imidazole rings is 1. The number of nitrogens with one attached hydrogen (secondary N) is 2. The van der Waals surface area contributed by atoms with E-state index in [1.807, 2.05) is 41.1 Å². The molecule has 1 amide bonds. The number of hydrogen-bond donors (Lipinski definition) is 2. The first kappa shape index (κ1) is 23.2. The minimum Gasteiger partial charge on any atom is -0.348 e. The zero-order valence-corrected chi connectivity index (χ0v) is 18.1. The van der Waals surface area contributed by atoms with E-state index in [2.05, 4.69) is 25.3 Å². The van der Waals surface area contributed by atoms with Gasteiger partial charge < -0.3 is 20.1 Å². The molecule has 156 valence electrons. The Balaban J connectivity index is 0.00000150. The first-order valence-corrected chi connectivity index (χ1v) is 9.13. The lowest BCUT2D eigenvalue weighted by Gasteiger charge is -2.37. The van der Waals surface area contributed by atoms with Crippen molar-refractivity contribution in [2.45, 2.75) is 6.04 Å². The van der Waals surface area contributed by atoms with Crippen molar-refractivity contribution < 1.29 is 4.79 Å². The molecule has 0 radical (unpaired) electrons. The number of likely N-dealkylation sites (N-methyl/N-ethyl adjacent to an activating group) is 1. The van der Waals surface area contributed by atoms with E-state index in [4.69, 9.17) is 11.6 Å². The van der Waals surface area contributed by atoms with Gasteiger partial charge in [-0.25, -0.2) is 15.0 Å². The van der Waals surface area contributed by atoms with Crippen LogP contribution in [0.25, 0.3) is 11.2 Å². The Morgan fingerprint density at radius 2 is 2.07 bits per heavy atom. The van der Waals surface area contributed by atoms with E-state index in [0.717, 1.165) is 17.6 Å². The van der Waals surface area contributed by atoms with Crippen LogP contribution in [0.1, 0.15) is 11.6 Å². The molecular formula is C18H22Cl3N7O. The van der Waals surface area contributed by atoms with E-state index < -0.39 is 0 Å². The van der Waals surface area contributed by atoms with Crippen LogP contribution in [0, 0.1) is 0 Å². The minimum atomic E-state index is -0.0917. The lowest BCUT2D eigenvalue weighted by molar-refractivity contribution is -0.133. The van der Waals surface area contributed by atoms with Gasteiger partial charge in [0.25, 0.3) is 0 Å². The maximum absolute atomic E-state index is 13.1. The summed E-state index contributed by atoms with van der Waals surface area (Å²) < 4.78 is 0. The second kappa shape index (κ2) is 10.1. The number of carbonyl (C=O) groups excluding carboxylic acids is 1. The number of benzene rings is 1. The van der Waals surface area contributed by atoms with Gasteiger partial charge in [-0.15, -0.1) is 24.8 Å². The van der Waals surface area contributed by atoms with Gasteiger partial charge in [-0.1, -0.05) is 29.8 Å². The molecule has 3 aromatic rings. The van der Waals surface area contributed by atoms with Crippen molar-refractivity contribution in [1.29, 1.82) is 0 Å². The molecule has 2 N–H and O–H groups in total. The molecule has 1 saturated heterocycles. The average molecular weight is 459 g/mol. The van der Waals surface area contributed by atoms with Crippen LogP contribution in [-0.2, 0) is 4.79 Å². The van der Waals surface area contributed by atoms with Crippen molar-refractivity contribution in [1.82, 2.24) is 30.2 Å². The number of hydrogen-bond acceptors (Lipinski definition) is 6. The number of rotatable bonds is 4. The van der Waals surface area contributed by atoms with E-state index in [1.54, 1.807) is 6.33 Å². The Kier molecular flexibility index (Phi) is 8.04. The summed E-state index contributed by atoms with van der Waals surface area (Å²) in [4.78, 5) is 32.4. The summed E-state index contributed by atoms with van der Waals surface area (Å²) in [7, 11) is 1.84. The van der Waals surface area contributed by atoms with E-state index in [1.165, 1.54) is 6.33 Å². The molecule has 0 aliphatic carbocycles. The zero-order valence-electron chi connectivity index (χ0n) is 15.7. The summed E-state index contributed by atoms with van der Waals surface area (Å²) in [6.07, 6.45) is 3.03. The smallest absolute Gasteiger partial charge is 0.242 e. The van der Waals surface area contributed by atoms with Gasteiger partial charge in [-0.2, -0.15) is 0 Å². The first-order valence-electron chi connectivity index (χ1n) is 8.75. The summed E-state index contributed by atoms with van der Waals surface area (Å²) >= 11 is 6.38. The lowest BCUT2D eigenvalue weighted by Crippen LogP contribution is -2.51. The molecule has 3 heterocycles. The molecule has 1 aliphatic heterocycles. The van der Waals surface area contributed by atoms with Gasteiger partial charge in [-0.05, 0) is 11.6 Å². The second-order valence-corrected chi connectivity index (χ2v) is 6.89. The van der Waals surface area contributed by atoms with Crippen LogP contribution in [0.15, 0.2) is 36.9 Å². The van der Waals surface area contributed by atoms with Crippen LogP contribution < -0.4 is 10.2 Å². The van der Waals surface area contributed by atoms with E-state index in [-0.39, 0.29) is 43.3 Å². The number of aromatic nitrogens is 4. The molecule has 1 aliphatic rings. The maximum Gasteiger partial charge on any atom is 0.242 e. The van der Waals surface area contributed by atoms with Gasteiger partial charge in [-0.3, -0.25) is 4.79 Å². The third-order valence-corrected chi connectivity index (χ3v) is 5.11. The molecule has 29 heavy (non-hydrogen) atoms.